The van der Waals surface area contributed by atoms with E-state index in [2.05, 4.69) is 55.1 Å². The van der Waals surface area contributed by atoms with Gasteiger partial charge in [-0.25, -0.2) is 0 Å². The van der Waals surface area contributed by atoms with Crippen LogP contribution in [0.4, 0.5) is 0 Å². The van der Waals surface area contributed by atoms with Crippen molar-refractivity contribution < 1.29 is 4.74 Å². The Hall–Kier alpha value is -0.0800. The van der Waals surface area contributed by atoms with Crippen LogP contribution in [-0.2, 0) is 4.74 Å². The minimum Gasteiger partial charge on any atom is -0.378 e. The van der Waals surface area contributed by atoms with Crippen molar-refractivity contribution in [1.29, 1.82) is 0 Å². The SMILES string of the molecule is CCOC(CCNC(=NC)NC1CCN(C(C)C)CC1)C(C)C.I. The van der Waals surface area contributed by atoms with E-state index in [1.807, 2.05) is 7.05 Å². The topological polar surface area (TPSA) is 48.9 Å². The van der Waals surface area contributed by atoms with Gasteiger partial charge in [0.2, 0.25) is 0 Å². The predicted molar refractivity (Wildman–Crippen MR) is 115 cm³/mol. The third-order valence-electron chi connectivity index (χ3n) is 4.67. The van der Waals surface area contributed by atoms with Crippen LogP contribution in [0.25, 0.3) is 0 Å². The molecule has 0 bridgehead atoms. The van der Waals surface area contributed by atoms with Crippen LogP contribution in [0, 0.1) is 5.92 Å². The van der Waals surface area contributed by atoms with Crippen molar-refractivity contribution in [2.45, 2.75) is 72.1 Å². The number of piperidine rings is 1. The molecule has 1 aliphatic heterocycles. The summed E-state index contributed by atoms with van der Waals surface area (Å²) < 4.78 is 5.80. The number of guanidine groups is 1. The zero-order chi connectivity index (χ0) is 17.2. The van der Waals surface area contributed by atoms with Gasteiger partial charge in [0.25, 0.3) is 0 Å². The summed E-state index contributed by atoms with van der Waals surface area (Å²) in [7, 11) is 1.85. The van der Waals surface area contributed by atoms with E-state index in [1.54, 1.807) is 0 Å². The Morgan fingerprint density at radius 3 is 2.29 bits per heavy atom. The van der Waals surface area contributed by atoms with Gasteiger partial charge in [-0.15, -0.1) is 24.0 Å². The van der Waals surface area contributed by atoms with Crippen molar-refractivity contribution >= 4 is 29.9 Å². The molecule has 1 fully saturated rings. The van der Waals surface area contributed by atoms with Crippen LogP contribution < -0.4 is 10.6 Å². The van der Waals surface area contributed by atoms with E-state index in [4.69, 9.17) is 4.74 Å². The lowest BCUT2D eigenvalue weighted by molar-refractivity contribution is 0.0258. The second-order valence-electron chi connectivity index (χ2n) is 7.07. The Bertz CT molecular complexity index is 342. The number of hydrogen-bond acceptors (Lipinski definition) is 3. The lowest BCUT2D eigenvalue weighted by Gasteiger charge is -2.35. The quantitative estimate of drug-likeness (QED) is 0.336. The number of halogens is 1. The van der Waals surface area contributed by atoms with Crippen LogP contribution in [0.2, 0.25) is 0 Å². The molecule has 0 aromatic rings. The Balaban J connectivity index is 0.00000529. The van der Waals surface area contributed by atoms with Gasteiger partial charge in [0.1, 0.15) is 0 Å². The molecule has 0 aliphatic carbocycles. The molecule has 5 nitrogen and oxygen atoms in total. The highest BCUT2D eigenvalue weighted by Crippen LogP contribution is 2.13. The first kappa shape index (κ1) is 23.9. The van der Waals surface area contributed by atoms with Crippen molar-refractivity contribution in [2.75, 3.05) is 33.3 Å². The number of nitrogens with one attached hydrogen (secondary N) is 2. The van der Waals surface area contributed by atoms with Gasteiger partial charge in [0, 0.05) is 45.4 Å². The minimum atomic E-state index is 0. The molecule has 1 heterocycles. The zero-order valence-corrected chi connectivity index (χ0v) is 18.8. The second kappa shape index (κ2) is 13.2. The van der Waals surface area contributed by atoms with Gasteiger partial charge in [-0.2, -0.15) is 0 Å². The minimum absolute atomic E-state index is 0. The van der Waals surface area contributed by atoms with Crippen LogP contribution in [0.15, 0.2) is 4.99 Å². The van der Waals surface area contributed by atoms with Crippen LogP contribution in [0.5, 0.6) is 0 Å². The largest absolute Gasteiger partial charge is 0.378 e. The summed E-state index contributed by atoms with van der Waals surface area (Å²) in [5.41, 5.74) is 0. The van der Waals surface area contributed by atoms with Crippen LogP contribution >= 0.6 is 24.0 Å². The molecule has 0 aromatic carbocycles. The van der Waals surface area contributed by atoms with Crippen LogP contribution in [0.1, 0.15) is 53.9 Å². The van der Waals surface area contributed by atoms with Crippen molar-refractivity contribution in [3.05, 3.63) is 0 Å². The molecule has 144 valence electrons. The Morgan fingerprint density at radius 2 is 1.83 bits per heavy atom. The van der Waals surface area contributed by atoms with E-state index < -0.39 is 0 Å². The van der Waals surface area contributed by atoms with Crippen LogP contribution in [0.3, 0.4) is 0 Å². The smallest absolute Gasteiger partial charge is 0.191 e. The fourth-order valence-electron chi connectivity index (χ4n) is 3.10. The fraction of sp³-hybridized carbons (Fsp3) is 0.944. The molecule has 6 heteroatoms. The first-order valence-electron chi connectivity index (χ1n) is 9.30. The lowest BCUT2D eigenvalue weighted by Crippen LogP contribution is -2.50. The normalized spacial score (nSPS) is 18.6. The molecule has 1 unspecified atom stereocenters. The molecule has 0 spiro atoms. The highest BCUT2D eigenvalue weighted by atomic mass is 127. The third kappa shape index (κ3) is 8.85. The Kier molecular flexibility index (Phi) is 13.1. The number of hydrogen-bond donors (Lipinski definition) is 2. The maximum Gasteiger partial charge on any atom is 0.191 e. The molecule has 2 N–H and O–H groups in total. The summed E-state index contributed by atoms with van der Waals surface area (Å²) >= 11 is 0. The van der Waals surface area contributed by atoms with Gasteiger partial charge in [-0.1, -0.05) is 13.8 Å². The molecule has 1 rings (SSSR count). The molecule has 0 aromatic heterocycles. The molecule has 0 radical (unpaired) electrons. The average molecular weight is 454 g/mol. The van der Waals surface area contributed by atoms with Gasteiger partial charge < -0.3 is 20.3 Å². The predicted octanol–water partition coefficient (Wildman–Crippen LogP) is 3.09. The molecular weight excluding hydrogens is 415 g/mol. The standard InChI is InChI=1S/C18H38N4O.HI/c1-7-23-17(14(2)3)8-11-20-18(19-6)21-16-9-12-22(13-10-16)15(4)5;/h14-17H,7-13H2,1-6H3,(H2,19,20,21);1H. The van der Waals surface area contributed by atoms with E-state index >= 15 is 0 Å². The van der Waals surface area contributed by atoms with E-state index in [-0.39, 0.29) is 24.0 Å². The average Bonchev–Trinajstić information content (AvgIpc) is 2.53. The number of likely N-dealkylation sites (tertiary alicyclic amines) is 1. The summed E-state index contributed by atoms with van der Waals surface area (Å²) in [5.74, 6) is 1.47. The summed E-state index contributed by atoms with van der Waals surface area (Å²) in [4.78, 5) is 6.91. The monoisotopic (exact) mass is 454 g/mol. The number of rotatable bonds is 8. The second-order valence-corrected chi connectivity index (χ2v) is 7.07. The summed E-state index contributed by atoms with van der Waals surface area (Å²) in [6.45, 7) is 15.1. The molecule has 1 saturated heterocycles. The molecule has 24 heavy (non-hydrogen) atoms. The van der Waals surface area contributed by atoms with Gasteiger partial charge in [-0.3, -0.25) is 4.99 Å². The number of aliphatic imine (C=N–C) groups is 1. The first-order chi connectivity index (χ1) is 11.0. The first-order valence-corrected chi connectivity index (χ1v) is 9.30. The maximum absolute atomic E-state index is 5.80. The highest BCUT2D eigenvalue weighted by molar-refractivity contribution is 14.0. The summed E-state index contributed by atoms with van der Waals surface area (Å²) in [6, 6.07) is 1.18. The molecule has 0 amide bonds. The van der Waals surface area contributed by atoms with E-state index in [0.717, 1.165) is 25.5 Å². The van der Waals surface area contributed by atoms with E-state index in [9.17, 15) is 0 Å². The number of nitrogens with zero attached hydrogens (tertiary/aromatic N) is 2. The molecular formula is C18H39IN4O. The van der Waals surface area contributed by atoms with E-state index in [1.165, 1.54) is 25.9 Å². The van der Waals surface area contributed by atoms with Gasteiger partial charge in [0.05, 0.1) is 6.10 Å². The van der Waals surface area contributed by atoms with E-state index in [0.29, 0.717) is 24.1 Å². The maximum atomic E-state index is 5.80. The third-order valence-corrected chi connectivity index (χ3v) is 4.67. The van der Waals surface area contributed by atoms with Gasteiger partial charge in [0.15, 0.2) is 5.96 Å². The van der Waals surface area contributed by atoms with Crippen molar-refractivity contribution in [1.82, 2.24) is 15.5 Å². The Labute approximate surface area is 166 Å². The molecule has 1 atom stereocenters. The summed E-state index contributed by atoms with van der Waals surface area (Å²) in [6.07, 6.45) is 3.71. The molecule has 1 aliphatic rings. The van der Waals surface area contributed by atoms with Gasteiger partial charge in [-0.05, 0) is 46.0 Å². The van der Waals surface area contributed by atoms with Gasteiger partial charge >= 0.3 is 0 Å². The summed E-state index contributed by atoms with van der Waals surface area (Å²) in [5, 5.41) is 7.01. The highest BCUT2D eigenvalue weighted by Gasteiger charge is 2.21. The van der Waals surface area contributed by atoms with Crippen LogP contribution in [-0.4, -0.2) is 62.3 Å². The fourth-order valence-corrected chi connectivity index (χ4v) is 3.10. The zero-order valence-electron chi connectivity index (χ0n) is 16.5. The van der Waals surface area contributed by atoms with Crippen molar-refractivity contribution in [3.63, 3.8) is 0 Å². The lowest BCUT2D eigenvalue weighted by atomic mass is 10.0. The number of ether oxygens (including phenoxy) is 1. The van der Waals surface area contributed by atoms with Crippen molar-refractivity contribution in [2.24, 2.45) is 10.9 Å². The Morgan fingerprint density at radius 1 is 1.21 bits per heavy atom. The van der Waals surface area contributed by atoms with Crippen molar-refractivity contribution in [3.8, 4) is 0 Å². The molecule has 0 saturated carbocycles.